The fourth-order valence-corrected chi connectivity index (χ4v) is 2.35. The third kappa shape index (κ3) is 8.30. The summed E-state index contributed by atoms with van der Waals surface area (Å²) >= 11 is 0. The lowest BCUT2D eigenvalue weighted by Crippen LogP contribution is -3.00. The molecule has 0 bridgehead atoms. The maximum absolute atomic E-state index is 3.95. The van der Waals surface area contributed by atoms with E-state index in [9.17, 15) is 0 Å². The highest BCUT2D eigenvalue weighted by Crippen LogP contribution is 2.12. The minimum absolute atomic E-state index is 0. The largest absolute Gasteiger partial charge is 1.00 e. The highest BCUT2D eigenvalue weighted by molar-refractivity contribution is 4.99. The van der Waals surface area contributed by atoms with Gasteiger partial charge >= 0.3 is 0 Å². The number of quaternary nitrogens is 1. The molecule has 0 rings (SSSR count). The zero-order valence-electron chi connectivity index (χ0n) is 13.1. The van der Waals surface area contributed by atoms with Gasteiger partial charge in [0.2, 0.25) is 0 Å². The van der Waals surface area contributed by atoms with Gasteiger partial charge in [0.1, 0.15) is 0 Å². The van der Waals surface area contributed by atoms with Crippen LogP contribution in [0.15, 0.2) is 23.8 Å². The Labute approximate surface area is 132 Å². The van der Waals surface area contributed by atoms with Crippen LogP contribution in [0, 0.1) is 0 Å². The molecule has 0 aromatic rings. The smallest absolute Gasteiger partial charge is 0.1000 e. The number of unbranched alkanes of at least 4 members (excludes halogenated alkanes) is 1. The summed E-state index contributed by atoms with van der Waals surface area (Å²) in [5.41, 5.74) is 2.86. The van der Waals surface area contributed by atoms with E-state index >= 15 is 0 Å². The van der Waals surface area contributed by atoms with Gasteiger partial charge in [-0.3, -0.25) is 0 Å². The second-order valence-corrected chi connectivity index (χ2v) is 5.35. The maximum atomic E-state index is 3.95. The molecular formula is C16H32IN. The SMILES string of the molecule is C=C(C)CCCC=C(C)C[N+](CC)(CC)CC.[I-]. The van der Waals surface area contributed by atoms with Gasteiger partial charge in [-0.15, -0.1) is 6.58 Å². The summed E-state index contributed by atoms with van der Waals surface area (Å²) in [6.07, 6.45) is 6.04. The van der Waals surface area contributed by atoms with Crippen molar-refractivity contribution in [3.63, 3.8) is 0 Å². The molecule has 0 saturated heterocycles. The standard InChI is InChI=1S/C16H32N.HI/c1-7-17(8-2,9-3)14-16(6)13-11-10-12-15(4)5;/h13H,4,7-12,14H2,1-3,5-6H3;1H/q+1;/p-1. The Kier molecular flexibility index (Phi) is 12.6. The molecule has 0 saturated carbocycles. The molecule has 0 fully saturated rings. The van der Waals surface area contributed by atoms with Crippen molar-refractivity contribution in [3.05, 3.63) is 23.8 Å². The summed E-state index contributed by atoms with van der Waals surface area (Å²) in [6.45, 7) is 20.2. The predicted octanol–water partition coefficient (Wildman–Crippen LogP) is 1.56. The molecule has 0 amide bonds. The van der Waals surface area contributed by atoms with Gasteiger partial charge in [0.05, 0.1) is 26.2 Å². The summed E-state index contributed by atoms with van der Waals surface area (Å²) in [7, 11) is 0. The molecule has 0 aromatic heterocycles. The van der Waals surface area contributed by atoms with E-state index in [1.165, 1.54) is 55.5 Å². The van der Waals surface area contributed by atoms with Crippen molar-refractivity contribution in [2.24, 2.45) is 0 Å². The second-order valence-electron chi connectivity index (χ2n) is 5.35. The molecule has 0 radical (unpaired) electrons. The Balaban J connectivity index is 0. The van der Waals surface area contributed by atoms with Crippen LogP contribution in [-0.2, 0) is 0 Å². The monoisotopic (exact) mass is 365 g/mol. The molecule has 0 aliphatic heterocycles. The molecule has 0 aromatic carbocycles. The molecule has 0 unspecified atom stereocenters. The van der Waals surface area contributed by atoms with E-state index in [4.69, 9.17) is 0 Å². The van der Waals surface area contributed by atoms with Crippen LogP contribution in [0.1, 0.15) is 53.9 Å². The number of hydrogen-bond donors (Lipinski definition) is 0. The van der Waals surface area contributed by atoms with Gasteiger partial charge in [-0.05, 0) is 59.5 Å². The van der Waals surface area contributed by atoms with Crippen LogP contribution in [0.4, 0.5) is 0 Å². The first-order valence-electron chi connectivity index (χ1n) is 7.14. The molecule has 18 heavy (non-hydrogen) atoms. The van der Waals surface area contributed by atoms with Crippen LogP contribution in [0.3, 0.4) is 0 Å². The Hall–Kier alpha value is 0.170. The normalized spacial score (nSPS) is 12.2. The molecule has 0 heterocycles. The van der Waals surface area contributed by atoms with Crippen molar-refractivity contribution >= 4 is 0 Å². The molecule has 1 nitrogen and oxygen atoms in total. The molecule has 2 heteroatoms. The lowest BCUT2D eigenvalue weighted by molar-refractivity contribution is -0.918. The van der Waals surface area contributed by atoms with Gasteiger partial charge in [0.15, 0.2) is 0 Å². The van der Waals surface area contributed by atoms with Crippen LogP contribution in [-0.4, -0.2) is 30.7 Å². The van der Waals surface area contributed by atoms with Crippen molar-refractivity contribution in [2.75, 3.05) is 26.2 Å². The third-order valence-corrected chi connectivity index (χ3v) is 3.90. The lowest BCUT2D eigenvalue weighted by Gasteiger charge is -2.36. The highest BCUT2D eigenvalue weighted by Gasteiger charge is 2.20. The van der Waals surface area contributed by atoms with E-state index in [0.717, 1.165) is 0 Å². The third-order valence-electron chi connectivity index (χ3n) is 3.90. The van der Waals surface area contributed by atoms with Crippen LogP contribution in [0.25, 0.3) is 0 Å². The molecule has 0 atom stereocenters. The molecule has 108 valence electrons. The molecular weight excluding hydrogens is 333 g/mol. The maximum Gasteiger partial charge on any atom is 0.1000 e. The molecule has 0 N–H and O–H groups in total. The first-order chi connectivity index (χ1) is 7.99. The highest BCUT2D eigenvalue weighted by atomic mass is 127. The average Bonchev–Trinajstić information content (AvgIpc) is 2.32. The first-order valence-corrected chi connectivity index (χ1v) is 7.14. The predicted molar refractivity (Wildman–Crippen MR) is 79.2 cm³/mol. The number of allylic oxidation sites excluding steroid dienone is 2. The second kappa shape index (κ2) is 11.0. The Bertz CT molecular complexity index is 244. The van der Waals surface area contributed by atoms with E-state index in [1.807, 2.05) is 0 Å². The number of nitrogens with zero attached hydrogens (tertiary/aromatic N) is 1. The van der Waals surface area contributed by atoms with E-state index < -0.39 is 0 Å². The van der Waals surface area contributed by atoms with Crippen molar-refractivity contribution in [3.8, 4) is 0 Å². The summed E-state index contributed by atoms with van der Waals surface area (Å²) in [4.78, 5) is 0. The van der Waals surface area contributed by atoms with Crippen LogP contribution < -0.4 is 24.0 Å². The van der Waals surface area contributed by atoms with Crippen molar-refractivity contribution in [2.45, 2.75) is 53.9 Å². The summed E-state index contributed by atoms with van der Waals surface area (Å²) < 4.78 is 1.23. The number of rotatable bonds is 9. The quantitative estimate of drug-likeness (QED) is 0.252. The van der Waals surface area contributed by atoms with E-state index in [2.05, 4.69) is 47.3 Å². The van der Waals surface area contributed by atoms with Crippen LogP contribution in [0.2, 0.25) is 0 Å². The van der Waals surface area contributed by atoms with Crippen molar-refractivity contribution < 1.29 is 28.5 Å². The molecule has 0 spiro atoms. The number of halogens is 1. The van der Waals surface area contributed by atoms with E-state index in [1.54, 1.807) is 5.57 Å². The summed E-state index contributed by atoms with van der Waals surface area (Å²) in [5.74, 6) is 0. The van der Waals surface area contributed by atoms with Gasteiger partial charge < -0.3 is 28.5 Å². The number of hydrogen-bond acceptors (Lipinski definition) is 0. The molecule has 0 aliphatic carbocycles. The van der Waals surface area contributed by atoms with E-state index in [0.29, 0.717) is 0 Å². The molecule has 0 aliphatic rings. The van der Waals surface area contributed by atoms with Gasteiger partial charge in [0, 0.05) is 0 Å². The average molecular weight is 365 g/mol. The Morgan fingerprint density at radius 1 is 1.06 bits per heavy atom. The minimum atomic E-state index is 0. The minimum Gasteiger partial charge on any atom is -1.00 e. The summed E-state index contributed by atoms with van der Waals surface area (Å²) in [5, 5.41) is 0. The fourth-order valence-electron chi connectivity index (χ4n) is 2.35. The first kappa shape index (κ1) is 20.5. The Morgan fingerprint density at radius 3 is 1.94 bits per heavy atom. The fraction of sp³-hybridized carbons (Fsp3) is 0.750. The summed E-state index contributed by atoms with van der Waals surface area (Å²) in [6, 6.07) is 0. The zero-order valence-corrected chi connectivity index (χ0v) is 15.2. The van der Waals surface area contributed by atoms with Crippen molar-refractivity contribution in [1.29, 1.82) is 0 Å². The van der Waals surface area contributed by atoms with Gasteiger partial charge in [0.25, 0.3) is 0 Å². The van der Waals surface area contributed by atoms with Gasteiger partial charge in [-0.2, -0.15) is 0 Å². The van der Waals surface area contributed by atoms with Crippen LogP contribution in [0.5, 0.6) is 0 Å². The van der Waals surface area contributed by atoms with Gasteiger partial charge in [-0.1, -0.05) is 11.6 Å². The van der Waals surface area contributed by atoms with Crippen molar-refractivity contribution in [1.82, 2.24) is 0 Å². The number of likely N-dealkylation sites (N-methyl/N-ethyl adjacent to an activating group) is 1. The zero-order chi connectivity index (χ0) is 13.3. The topological polar surface area (TPSA) is 0 Å². The van der Waals surface area contributed by atoms with E-state index in [-0.39, 0.29) is 24.0 Å². The Morgan fingerprint density at radius 2 is 1.56 bits per heavy atom. The van der Waals surface area contributed by atoms with Gasteiger partial charge in [-0.25, -0.2) is 0 Å². The lowest BCUT2D eigenvalue weighted by atomic mass is 10.1. The van der Waals surface area contributed by atoms with Crippen LogP contribution >= 0.6 is 0 Å².